The zero-order valence-electron chi connectivity index (χ0n) is 9.34. The van der Waals surface area contributed by atoms with Gasteiger partial charge in [-0.05, 0) is 12.1 Å². The maximum Gasteiger partial charge on any atom is 0.356 e. The van der Waals surface area contributed by atoms with Crippen molar-refractivity contribution in [2.45, 2.75) is 0 Å². The van der Waals surface area contributed by atoms with Crippen molar-refractivity contribution < 1.29 is 18.3 Å². The molecule has 1 fully saturated rings. The summed E-state index contributed by atoms with van der Waals surface area (Å²) in [5, 5.41) is 8.98. The summed E-state index contributed by atoms with van der Waals surface area (Å²) >= 11 is 5.72. The minimum atomic E-state index is -2.97. The minimum Gasteiger partial charge on any atom is -0.476 e. The summed E-state index contributed by atoms with van der Waals surface area (Å²) in [6.45, 7) is 0.631. The van der Waals surface area contributed by atoms with E-state index in [9.17, 15) is 13.2 Å². The van der Waals surface area contributed by atoms with Gasteiger partial charge in [0.15, 0.2) is 15.5 Å². The van der Waals surface area contributed by atoms with Gasteiger partial charge in [0.25, 0.3) is 0 Å². The van der Waals surface area contributed by atoms with Crippen LogP contribution in [0.3, 0.4) is 0 Å². The third-order valence-electron chi connectivity index (χ3n) is 2.70. The van der Waals surface area contributed by atoms with Crippen LogP contribution in [0, 0.1) is 0 Å². The molecule has 0 bridgehead atoms. The van der Waals surface area contributed by atoms with Crippen molar-refractivity contribution >= 4 is 33.2 Å². The van der Waals surface area contributed by atoms with Gasteiger partial charge in [-0.25, -0.2) is 18.2 Å². The lowest BCUT2D eigenvalue weighted by molar-refractivity contribution is 0.0691. The molecule has 1 saturated heterocycles. The Morgan fingerprint density at radius 3 is 2.50 bits per heavy atom. The normalized spacial score (nSPS) is 18.6. The summed E-state index contributed by atoms with van der Waals surface area (Å²) in [7, 11) is -2.97. The Balaban J connectivity index is 2.25. The topological polar surface area (TPSA) is 87.6 Å². The first kappa shape index (κ1) is 13.1. The number of carboxylic acid groups (broad SMARTS) is 1. The van der Waals surface area contributed by atoms with E-state index in [0.717, 1.165) is 0 Å². The number of aromatic carboxylic acids is 1. The van der Waals surface area contributed by atoms with Gasteiger partial charge in [0, 0.05) is 13.1 Å². The van der Waals surface area contributed by atoms with E-state index < -0.39 is 15.8 Å². The highest BCUT2D eigenvalue weighted by Gasteiger charge is 2.23. The lowest BCUT2D eigenvalue weighted by atomic mass is 10.3. The number of pyridine rings is 1. The molecule has 0 saturated carbocycles. The van der Waals surface area contributed by atoms with Crippen LogP contribution in [-0.4, -0.2) is 49.1 Å². The molecule has 1 aromatic heterocycles. The van der Waals surface area contributed by atoms with Gasteiger partial charge in [-0.3, -0.25) is 0 Å². The predicted octanol–water partition coefficient (Wildman–Crippen LogP) is 0.668. The van der Waals surface area contributed by atoms with Gasteiger partial charge in [0.05, 0.1) is 16.5 Å². The highest BCUT2D eigenvalue weighted by Crippen LogP contribution is 2.20. The fourth-order valence-corrected chi connectivity index (χ4v) is 3.09. The zero-order valence-corrected chi connectivity index (χ0v) is 10.9. The van der Waals surface area contributed by atoms with Crippen molar-refractivity contribution in [3.05, 3.63) is 22.8 Å². The maximum atomic E-state index is 11.3. The van der Waals surface area contributed by atoms with Crippen LogP contribution < -0.4 is 4.90 Å². The van der Waals surface area contributed by atoms with E-state index >= 15 is 0 Å². The van der Waals surface area contributed by atoms with Crippen LogP contribution in [0.15, 0.2) is 12.1 Å². The molecule has 0 amide bonds. The Morgan fingerprint density at radius 1 is 1.33 bits per heavy atom. The fraction of sp³-hybridized carbons (Fsp3) is 0.400. The number of halogens is 1. The molecule has 1 aromatic rings. The van der Waals surface area contributed by atoms with Crippen LogP contribution in [0.2, 0.25) is 5.02 Å². The van der Waals surface area contributed by atoms with Gasteiger partial charge >= 0.3 is 5.97 Å². The minimum absolute atomic E-state index is 0.0553. The molecule has 8 heteroatoms. The summed E-state index contributed by atoms with van der Waals surface area (Å²) in [5.74, 6) is -0.655. The van der Waals surface area contributed by atoms with Crippen molar-refractivity contribution in [1.82, 2.24) is 4.98 Å². The first-order chi connectivity index (χ1) is 8.39. The molecule has 0 aromatic carbocycles. The van der Waals surface area contributed by atoms with E-state index in [4.69, 9.17) is 16.7 Å². The molecule has 1 aliphatic heterocycles. The number of carboxylic acids is 1. The molecule has 6 nitrogen and oxygen atoms in total. The zero-order chi connectivity index (χ0) is 13.3. The van der Waals surface area contributed by atoms with Crippen molar-refractivity contribution in [1.29, 1.82) is 0 Å². The van der Waals surface area contributed by atoms with E-state index in [1.165, 1.54) is 6.07 Å². The lowest BCUT2D eigenvalue weighted by Crippen LogP contribution is -2.40. The Hall–Kier alpha value is -1.34. The molecule has 1 N–H and O–H groups in total. The molecule has 18 heavy (non-hydrogen) atoms. The number of nitrogens with zero attached hydrogens (tertiary/aromatic N) is 2. The molecule has 2 heterocycles. The summed E-state index contributed by atoms with van der Waals surface area (Å²) in [5.41, 5.74) is -0.220. The monoisotopic (exact) mass is 290 g/mol. The van der Waals surface area contributed by atoms with E-state index in [2.05, 4.69) is 4.98 Å². The second-order valence-corrected chi connectivity index (χ2v) is 6.65. The molecule has 0 spiro atoms. The third-order valence-corrected chi connectivity index (χ3v) is 4.62. The first-order valence-electron chi connectivity index (χ1n) is 5.24. The summed E-state index contributed by atoms with van der Waals surface area (Å²) in [6.07, 6.45) is 0. The van der Waals surface area contributed by atoms with Gasteiger partial charge in [-0.15, -0.1) is 0 Å². The van der Waals surface area contributed by atoms with Crippen LogP contribution >= 0.6 is 11.6 Å². The second kappa shape index (κ2) is 4.74. The van der Waals surface area contributed by atoms with Gasteiger partial charge < -0.3 is 10.0 Å². The molecular weight excluding hydrogens is 280 g/mol. The molecule has 0 unspecified atom stereocenters. The van der Waals surface area contributed by atoms with E-state index in [1.807, 2.05) is 0 Å². The highest BCUT2D eigenvalue weighted by atomic mass is 35.5. The third kappa shape index (κ3) is 2.73. The van der Waals surface area contributed by atoms with Gasteiger partial charge in [0.2, 0.25) is 0 Å². The number of aromatic nitrogens is 1. The van der Waals surface area contributed by atoms with E-state index in [-0.39, 0.29) is 22.2 Å². The van der Waals surface area contributed by atoms with Crippen molar-refractivity contribution in [3.8, 4) is 0 Å². The number of rotatable bonds is 2. The lowest BCUT2D eigenvalue weighted by Gasteiger charge is -2.27. The highest BCUT2D eigenvalue weighted by molar-refractivity contribution is 7.91. The first-order valence-corrected chi connectivity index (χ1v) is 7.44. The predicted molar refractivity (Wildman–Crippen MR) is 67.1 cm³/mol. The van der Waals surface area contributed by atoms with E-state index in [0.29, 0.717) is 18.9 Å². The Kier molecular flexibility index (Phi) is 3.45. The standard InChI is InChI=1S/C10H11ClN2O4S/c11-7-1-2-8(12-9(7)10(14)15)13-3-5-18(16,17)6-4-13/h1-2H,3-6H2,(H,14,15). The average Bonchev–Trinajstić information content (AvgIpc) is 2.30. The number of hydrogen-bond donors (Lipinski definition) is 1. The van der Waals surface area contributed by atoms with Crippen LogP contribution in [0.1, 0.15) is 10.5 Å². The van der Waals surface area contributed by atoms with Gasteiger partial charge in [-0.2, -0.15) is 0 Å². The SMILES string of the molecule is O=C(O)c1nc(N2CCS(=O)(=O)CC2)ccc1Cl. The fourth-order valence-electron chi connectivity index (χ4n) is 1.70. The molecule has 0 radical (unpaired) electrons. The van der Waals surface area contributed by atoms with Crippen LogP contribution in [-0.2, 0) is 9.84 Å². The molecule has 98 valence electrons. The number of carbonyl (C=O) groups is 1. The van der Waals surface area contributed by atoms with E-state index in [1.54, 1.807) is 11.0 Å². The Morgan fingerprint density at radius 2 is 1.94 bits per heavy atom. The number of sulfone groups is 1. The van der Waals surface area contributed by atoms with Crippen LogP contribution in [0.25, 0.3) is 0 Å². The maximum absolute atomic E-state index is 11.3. The van der Waals surface area contributed by atoms with Crippen LogP contribution in [0.4, 0.5) is 5.82 Å². The quantitative estimate of drug-likeness (QED) is 0.861. The number of hydrogen-bond acceptors (Lipinski definition) is 5. The Labute approximate surface area is 109 Å². The van der Waals surface area contributed by atoms with Gasteiger partial charge in [-0.1, -0.05) is 11.6 Å². The summed E-state index contributed by atoms with van der Waals surface area (Å²) < 4.78 is 22.6. The van der Waals surface area contributed by atoms with Crippen LogP contribution in [0.5, 0.6) is 0 Å². The summed E-state index contributed by atoms with van der Waals surface area (Å²) in [6, 6.07) is 3.04. The molecule has 0 atom stereocenters. The molecule has 0 aliphatic carbocycles. The van der Waals surface area contributed by atoms with Crippen molar-refractivity contribution in [2.75, 3.05) is 29.5 Å². The molecular formula is C10H11ClN2O4S. The smallest absolute Gasteiger partial charge is 0.356 e. The van der Waals surface area contributed by atoms with Crippen molar-refractivity contribution in [2.24, 2.45) is 0 Å². The summed E-state index contributed by atoms with van der Waals surface area (Å²) in [4.78, 5) is 16.6. The molecule has 1 aliphatic rings. The average molecular weight is 291 g/mol. The largest absolute Gasteiger partial charge is 0.476 e. The Bertz CT molecular complexity index is 574. The number of anilines is 1. The second-order valence-electron chi connectivity index (χ2n) is 3.94. The van der Waals surface area contributed by atoms with Crippen molar-refractivity contribution in [3.63, 3.8) is 0 Å². The van der Waals surface area contributed by atoms with Gasteiger partial charge in [0.1, 0.15) is 5.82 Å². The molecule has 2 rings (SSSR count).